The van der Waals surface area contributed by atoms with Gasteiger partial charge in [-0.25, -0.2) is 0 Å². The van der Waals surface area contributed by atoms with Gasteiger partial charge in [-0.2, -0.15) is 11.8 Å². The van der Waals surface area contributed by atoms with Gasteiger partial charge in [-0.05, 0) is 124 Å². The van der Waals surface area contributed by atoms with Gasteiger partial charge >= 0.3 is 0 Å². The summed E-state index contributed by atoms with van der Waals surface area (Å²) >= 11 is 3.53. The highest BCUT2D eigenvalue weighted by Crippen LogP contribution is 2.66. The highest BCUT2D eigenvalue weighted by molar-refractivity contribution is 8.01. The molecule has 0 atom stereocenters. The highest BCUT2D eigenvalue weighted by Gasteiger charge is 2.53. The molecule has 6 aromatic rings. The van der Waals surface area contributed by atoms with E-state index in [-0.39, 0.29) is 0 Å². The second kappa shape index (κ2) is 16.1. The fraction of sp³-hybridized carbons (Fsp3) is 0.115. The van der Waals surface area contributed by atoms with Crippen molar-refractivity contribution in [1.82, 2.24) is 0 Å². The third kappa shape index (κ3) is 5.98. The first-order valence-corrected chi connectivity index (χ1v) is 21.3. The van der Waals surface area contributed by atoms with Crippen molar-refractivity contribution in [3.8, 4) is 44.5 Å². The van der Waals surface area contributed by atoms with E-state index >= 15 is 0 Å². The summed E-state index contributed by atoms with van der Waals surface area (Å²) in [6, 6.07) is 40.7. The van der Waals surface area contributed by atoms with Crippen molar-refractivity contribution < 1.29 is 0 Å². The number of benzene rings is 6. The topological polar surface area (TPSA) is 26.0 Å². The van der Waals surface area contributed by atoms with Crippen molar-refractivity contribution in [1.29, 1.82) is 0 Å². The molecule has 1 nitrogen and oxygen atoms in total. The van der Waals surface area contributed by atoms with Crippen molar-refractivity contribution in [3.05, 3.63) is 203 Å². The van der Waals surface area contributed by atoms with Crippen LogP contribution < -0.4 is 5.73 Å². The van der Waals surface area contributed by atoms with Crippen LogP contribution in [0.2, 0.25) is 0 Å². The van der Waals surface area contributed by atoms with Gasteiger partial charge in [0, 0.05) is 17.7 Å². The summed E-state index contributed by atoms with van der Waals surface area (Å²) in [6.45, 7) is 21.7. The van der Waals surface area contributed by atoms with Gasteiger partial charge in [0.2, 0.25) is 0 Å². The third-order valence-electron chi connectivity index (χ3n) is 10.9. The van der Waals surface area contributed by atoms with Gasteiger partial charge in [-0.3, -0.25) is 0 Å². The fourth-order valence-electron chi connectivity index (χ4n) is 8.80. The van der Waals surface area contributed by atoms with Crippen LogP contribution in [0, 0.1) is 0 Å². The van der Waals surface area contributed by atoms with Crippen LogP contribution in [0.4, 0.5) is 0 Å². The van der Waals surface area contributed by atoms with Crippen LogP contribution in [-0.4, -0.2) is 6.26 Å². The van der Waals surface area contributed by atoms with Crippen LogP contribution in [-0.2, 0) is 16.9 Å². The van der Waals surface area contributed by atoms with Crippen molar-refractivity contribution >= 4 is 47.8 Å². The predicted molar refractivity (Wildman–Crippen MR) is 247 cm³/mol. The Balaban J connectivity index is 0.00000229. The average Bonchev–Trinajstić information content (AvgIpc) is 3.70. The molecule has 0 aliphatic heterocycles. The number of hydrogen-bond acceptors (Lipinski definition) is 3. The number of fused-ring (bicyclic) bond motifs is 10. The van der Waals surface area contributed by atoms with Gasteiger partial charge in [-0.15, -0.1) is 11.8 Å². The zero-order valence-corrected chi connectivity index (χ0v) is 33.6. The summed E-state index contributed by atoms with van der Waals surface area (Å²) in [5, 5.41) is 1.93. The Bertz CT molecular complexity index is 2440. The molecular formula is C52H47NS2. The van der Waals surface area contributed by atoms with E-state index in [4.69, 9.17) is 5.73 Å². The van der Waals surface area contributed by atoms with E-state index < -0.39 is 5.41 Å². The SMILES string of the molecule is C=Cc1c(-c2ccc(CSC)cc2)cc2c(c1C=C)-c1c(cc(-c3ccc(CS/C=C\N)cc3)c(C=C)c1C=C)C21c2ccccc2-c2ccccc21.CC. The Kier molecular flexibility index (Phi) is 11.1. The highest BCUT2D eigenvalue weighted by atomic mass is 32.2. The van der Waals surface area contributed by atoms with E-state index in [0.29, 0.717) is 0 Å². The first-order chi connectivity index (χ1) is 27.0. The molecule has 3 heteroatoms. The van der Waals surface area contributed by atoms with E-state index in [1.807, 2.05) is 55.3 Å². The summed E-state index contributed by atoms with van der Waals surface area (Å²) in [5.74, 6) is 1.84. The normalized spacial score (nSPS) is 12.6. The molecule has 0 saturated carbocycles. The molecule has 0 saturated heterocycles. The van der Waals surface area contributed by atoms with Crippen molar-refractivity contribution in [3.63, 3.8) is 0 Å². The Hall–Kier alpha value is -5.48. The van der Waals surface area contributed by atoms with Crippen molar-refractivity contribution in [2.75, 3.05) is 6.26 Å². The van der Waals surface area contributed by atoms with Crippen molar-refractivity contribution in [2.24, 2.45) is 5.73 Å². The van der Waals surface area contributed by atoms with E-state index in [0.717, 1.165) is 56.0 Å². The summed E-state index contributed by atoms with van der Waals surface area (Å²) in [7, 11) is 0. The van der Waals surface area contributed by atoms with E-state index in [1.165, 1.54) is 55.6 Å². The summed E-state index contributed by atoms with van der Waals surface area (Å²) in [6.07, 6.45) is 11.8. The lowest BCUT2D eigenvalue weighted by atomic mass is 9.69. The molecule has 0 bridgehead atoms. The molecule has 2 aliphatic rings. The molecule has 0 fully saturated rings. The second-order valence-corrected chi connectivity index (χ2v) is 15.2. The van der Waals surface area contributed by atoms with Crippen molar-refractivity contribution in [2.45, 2.75) is 30.8 Å². The van der Waals surface area contributed by atoms with Crippen LogP contribution >= 0.6 is 23.5 Å². The minimum atomic E-state index is -0.583. The van der Waals surface area contributed by atoms with Crippen LogP contribution in [0.5, 0.6) is 0 Å². The Morgan fingerprint density at radius 2 is 0.945 bits per heavy atom. The Morgan fingerprint density at radius 3 is 1.35 bits per heavy atom. The lowest BCUT2D eigenvalue weighted by molar-refractivity contribution is 0.794. The maximum absolute atomic E-state index is 5.60. The number of rotatable bonds is 11. The number of thioether (sulfide) groups is 2. The van der Waals surface area contributed by atoms with Gasteiger partial charge in [0.25, 0.3) is 0 Å². The van der Waals surface area contributed by atoms with E-state index in [9.17, 15) is 0 Å². The molecule has 0 heterocycles. The number of hydrogen-bond donors (Lipinski definition) is 1. The lowest BCUT2D eigenvalue weighted by Crippen LogP contribution is -2.26. The minimum absolute atomic E-state index is 0.583. The van der Waals surface area contributed by atoms with Crippen LogP contribution in [0.1, 0.15) is 69.5 Å². The van der Waals surface area contributed by atoms with Gasteiger partial charge in [0.05, 0.1) is 5.41 Å². The standard InChI is InChI=1S/C50H41NS2.C2H6/c1-6-36-38(8-3)48-46(28-42(36)34-22-18-32(19-23-34)30-52-5)50(44-16-12-10-14-40(44)41-15-11-13-17-45(41)50)47-29-43(37(7-2)39(9-4)49(47)48)35-24-20-33(21-25-35)31-53-27-26-51;1-2/h6-29H,1-4,30-31,51H2,5H3;1-2H3/b27-26-;. The Labute approximate surface area is 336 Å². The molecule has 0 aromatic heterocycles. The molecule has 272 valence electrons. The lowest BCUT2D eigenvalue weighted by Gasteiger charge is -2.32. The molecule has 0 amide bonds. The maximum atomic E-state index is 5.60. The van der Waals surface area contributed by atoms with Gasteiger partial charge in [0.1, 0.15) is 0 Å². The predicted octanol–water partition coefficient (Wildman–Crippen LogP) is 14.5. The zero-order valence-electron chi connectivity index (χ0n) is 32.0. The quantitative estimate of drug-likeness (QED) is 0.143. The third-order valence-corrected chi connectivity index (χ3v) is 12.4. The fourth-order valence-corrected chi connectivity index (χ4v) is 9.92. The molecule has 1 spiro atoms. The van der Waals surface area contributed by atoms with E-state index in [1.54, 1.807) is 18.0 Å². The van der Waals surface area contributed by atoms with Gasteiger partial charge < -0.3 is 5.73 Å². The summed E-state index contributed by atoms with van der Waals surface area (Å²) in [4.78, 5) is 0. The maximum Gasteiger partial charge on any atom is 0.0726 e. The van der Waals surface area contributed by atoms with Gasteiger partial charge in [0.15, 0.2) is 0 Å². The summed E-state index contributed by atoms with van der Waals surface area (Å²) in [5.41, 5.74) is 26.4. The molecular weight excluding hydrogens is 703 g/mol. The number of nitrogens with two attached hydrogens (primary N) is 1. The molecule has 55 heavy (non-hydrogen) atoms. The minimum Gasteiger partial charge on any atom is -0.404 e. The van der Waals surface area contributed by atoms with Crippen LogP contribution in [0.15, 0.2) is 147 Å². The average molecular weight is 750 g/mol. The molecule has 6 aromatic carbocycles. The summed E-state index contributed by atoms with van der Waals surface area (Å²) < 4.78 is 0. The molecule has 2 N–H and O–H groups in total. The Morgan fingerprint density at radius 1 is 0.527 bits per heavy atom. The first kappa shape index (κ1) is 37.8. The molecule has 2 aliphatic carbocycles. The largest absolute Gasteiger partial charge is 0.404 e. The monoisotopic (exact) mass is 749 g/mol. The first-order valence-electron chi connectivity index (χ1n) is 18.8. The molecule has 0 unspecified atom stereocenters. The molecule has 8 rings (SSSR count). The molecule has 0 radical (unpaired) electrons. The van der Waals surface area contributed by atoms with Crippen LogP contribution in [0.25, 0.3) is 68.8 Å². The van der Waals surface area contributed by atoms with Gasteiger partial charge in [-0.1, -0.05) is 162 Å². The van der Waals surface area contributed by atoms with Crippen LogP contribution in [0.3, 0.4) is 0 Å². The second-order valence-electron chi connectivity index (χ2n) is 13.5. The van der Waals surface area contributed by atoms with E-state index in [2.05, 4.69) is 142 Å². The zero-order chi connectivity index (χ0) is 38.7. The smallest absolute Gasteiger partial charge is 0.0726 e.